The van der Waals surface area contributed by atoms with Gasteiger partial charge in [0, 0.05) is 6.42 Å². The normalized spacial score (nSPS) is 17.8. The van der Waals surface area contributed by atoms with E-state index < -0.39 is 23.7 Å². The van der Waals surface area contributed by atoms with E-state index in [0.717, 1.165) is 17.3 Å². The van der Waals surface area contributed by atoms with Crippen LogP contribution in [0.3, 0.4) is 0 Å². The van der Waals surface area contributed by atoms with Crippen molar-refractivity contribution in [3.8, 4) is 11.5 Å². The zero-order chi connectivity index (χ0) is 19.8. The second kappa shape index (κ2) is 9.57. The minimum Gasteiger partial charge on any atom is -0.493 e. The van der Waals surface area contributed by atoms with Gasteiger partial charge in [0.05, 0.1) is 20.4 Å². The maximum Gasteiger partial charge on any atom is 0.322 e. The van der Waals surface area contributed by atoms with E-state index in [1.165, 1.54) is 20.4 Å². The number of hydrogen-bond acceptors (Lipinski definition) is 8. The third-order valence-electron chi connectivity index (χ3n) is 3.35. The van der Waals surface area contributed by atoms with Crippen molar-refractivity contribution in [2.24, 2.45) is 10.2 Å². The van der Waals surface area contributed by atoms with Gasteiger partial charge in [-0.2, -0.15) is 5.10 Å². The number of carbonyl (C=O) groups excluding carboxylic acids is 2. The number of carboxylic acids is 1. The number of carbonyl (C=O) groups is 3. The molecule has 1 fully saturated rings. The van der Waals surface area contributed by atoms with Gasteiger partial charge in [-0.15, -0.1) is 5.10 Å². The van der Waals surface area contributed by atoms with E-state index in [2.05, 4.69) is 20.8 Å². The molecule has 144 valence electrons. The lowest BCUT2D eigenvalue weighted by atomic mass is 10.2. The van der Waals surface area contributed by atoms with Crippen molar-refractivity contribution in [1.29, 1.82) is 0 Å². The molecule has 10 nitrogen and oxygen atoms in total. The molecule has 2 rings (SSSR count). The fourth-order valence-electron chi connectivity index (χ4n) is 2.08. The lowest BCUT2D eigenvalue weighted by Gasteiger charge is -2.07. The summed E-state index contributed by atoms with van der Waals surface area (Å²) in [5.74, 6) is -0.932. The summed E-state index contributed by atoms with van der Waals surface area (Å²) in [5, 5.41) is 20.7. The Morgan fingerprint density at radius 1 is 1.33 bits per heavy atom. The van der Waals surface area contributed by atoms with Crippen LogP contribution in [-0.4, -0.2) is 60.3 Å². The molecule has 0 radical (unpaired) electrons. The first-order valence-electron chi connectivity index (χ1n) is 7.72. The number of amidine groups is 1. The second-order valence-corrected chi connectivity index (χ2v) is 6.43. The first-order valence-corrected chi connectivity index (χ1v) is 8.60. The van der Waals surface area contributed by atoms with Crippen molar-refractivity contribution in [3.63, 3.8) is 0 Å². The molecule has 0 aromatic heterocycles. The van der Waals surface area contributed by atoms with Gasteiger partial charge >= 0.3 is 5.97 Å². The number of nitrogens with zero attached hydrogens (tertiary/aromatic N) is 2. The third-order valence-corrected chi connectivity index (χ3v) is 4.42. The minimum atomic E-state index is -1.15. The number of aliphatic carboxylic acids is 1. The molecule has 1 unspecified atom stereocenters. The lowest BCUT2D eigenvalue weighted by Crippen LogP contribution is -2.33. The van der Waals surface area contributed by atoms with E-state index in [1.54, 1.807) is 18.2 Å². The summed E-state index contributed by atoms with van der Waals surface area (Å²) in [7, 11) is 3.06. The molecule has 0 bridgehead atoms. The molecule has 1 aromatic rings. The number of thioether (sulfide) groups is 1. The average molecular weight is 394 g/mol. The number of rotatable bonds is 8. The Labute approximate surface area is 159 Å². The van der Waals surface area contributed by atoms with Crippen LogP contribution in [0.4, 0.5) is 0 Å². The van der Waals surface area contributed by atoms with Crippen molar-refractivity contribution in [3.05, 3.63) is 23.8 Å². The van der Waals surface area contributed by atoms with Crippen LogP contribution in [0.5, 0.6) is 11.5 Å². The zero-order valence-corrected chi connectivity index (χ0v) is 15.4. The number of methoxy groups -OCH3 is 2. The van der Waals surface area contributed by atoms with Crippen LogP contribution >= 0.6 is 11.8 Å². The van der Waals surface area contributed by atoms with E-state index >= 15 is 0 Å². The van der Waals surface area contributed by atoms with Crippen molar-refractivity contribution in [1.82, 2.24) is 10.6 Å². The highest BCUT2D eigenvalue weighted by Gasteiger charge is 2.32. The molecule has 1 saturated heterocycles. The number of amides is 2. The number of carboxylic acid groups (broad SMARTS) is 1. The van der Waals surface area contributed by atoms with Crippen LogP contribution in [0.15, 0.2) is 28.4 Å². The quantitative estimate of drug-likeness (QED) is 0.423. The molecule has 1 atom stereocenters. The molecule has 2 amide bonds. The topological polar surface area (TPSA) is 139 Å². The van der Waals surface area contributed by atoms with Crippen molar-refractivity contribution < 1.29 is 29.0 Å². The predicted octanol–water partition coefficient (Wildman–Crippen LogP) is 0.216. The summed E-state index contributed by atoms with van der Waals surface area (Å²) in [5.41, 5.74) is 0.718. The highest BCUT2D eigenvalue weighted by atomic mass is 32.2. The van der Waals surface area contributed by atoms with Crippen LogP contribution < -0.4 is 20.1 Å². The van der Waals surface area contributed by atoms with Gasteiger partial charge in [-0.05, 0) is 23.8 Å². The molecular weight excluding hydrogens is 376 g/mol. The monoisotopic (exact) mass is 394 g/mol. The van der Waals surface area contributed by atoms with Gasteiger partial charge in [-0.1, -0.05) is 11.8 Å². The fraction of sp³-hybridized carbons (Fsp3) is 0.312. The standard InChI is InChI=1S/C16H18N4O6S/c1-25-10-4-3-9(5-11(10)26-2)7-18-20-16-19-15(24)12(27-16)6-13(21)17-8-14(22)23/h3-5,7,12H,6,8H2,1-2H3,(H,17,21)(H,22,23)(H,19,20,24)/b18-7+. The van der Waals surface area contributed by atoms with Gasteiger partial charge in [0.2, 0.25) is 11.8 Å². The molecule has 11 heteroatoms. The smallest absolute Gasteiger partial charge is 0.322 e. The maximum absolute atomic E-state index is 11.9. The van der Waals surface area contributed by atoms with E-state index in [0.29, 0.717) is 11.5 Å². The molecule has 1 aliphatic heterocycles. The summed E-state index contributed by atoms with van der Waals surface area (Å²) in [6.45, 7) is -0.492. The second-order valence-electron chi connectivity index (χ2n) is 5.23. The Bertz CT molecular complexity index is 795. The minimum absolute atomic E-state index is 0.151. The fourth-order valence-corrected chi connectivity index (χ4v) is 3.01. The van der Waals surface area contributed by atoms with Gasteiger partial charge in [0.1, 0.15) is 11.8 Å². The van der Waals surface area contributed by atoms with Gasteiger partial charge in [0.15, 0.2) is 16.7 Å². The number of benzene rings is 1. The van der Waals surface area contributed by atoms with Crippen molar-refractivity contribution >= 4 is 40.9 Å². The summed E-state index contributed by atoms with van der Waals surface area (Å²) in [6.07, 6.45) is 1.33. The Balaban J connectivity index is 1.94. The van der Waals surface area contributed by atoms with Crippen LogP contribution in [0.2, 0.25) is 0 Å². The molecule has 3 N–H and O–H groups in total. The van der Waals surface area contributed by atoms with Crippen LogP contribution in [0, 0.1) is 0 Å². The molecule has 0 aliphatic carbocycles. The van der Waals surface area contributed by atoms with E-state index in [9.17, 15) is 14.4 Å². The Kier molecular flexibility index (Phi) is 7.17. The lowest BCUT2D eigenvalue weighted by molar-refractivity contribution is -0.137. The molecule has 0 spiro atoms. The van der Waals surface area contributed by atoms with Gasteiger partial charge in [-0.3, -0.25) is 14.4 Å². The van der Waals surface area contributed by atoms with Gasteiger partial charge < -0.3 is 25.2 Å². The molecular formula is C16H18N4O6S. The number of ether oxygens (including phenoxy) is 2. The first kappa shape index (κ1) is 20.2. The largest absolute Gasteiger partial charge is 0.493 e. The summed E-state index contributed by atoms with van der Waals surface area (Å²) in [4.78, 5) is 33.9. The molecule has 1 heterocycles. The van der Waals surface area contributed by atoms with Crippen LogP contribution in [-0.2, 0) is 14.4 Å². The number of nitrogens with one attached hydrogen (secondary N) is 2. The van der Waals surface area contributed by atoms with Crippen molar-refractivity contribution in [2.45, 2.75) is 11.7 Å². The van der Waals surface area contributed by atoms with Gasteiger partial charge in [0.25, 0.3) is 0 Å². The maximum atomic E-state index is 11.9. The third kappa shape index (κ3) is 5.99. The predicted molar refractivity (Wildman–Crippen MR) is 99.4 cm³/mol. The SMILES string of the molecule is COc1ccc(/C=N/N=C2\NC(=O)C(CC(=O)NCC(=O)O)S2)cc1OC. The van der Waals surface area contributed by atoms with Crippen molar-refractivity contribution in [2.75, 3.05) is 20.8 Å². The Morgan fingerprint density at radius 2 is 2.07 bits per heavy atom. The highest BCUT2D eigenvalue weighted by Crippen LogP contribution is 2.27. The average Bonchev–Trinajstić information content (AvgIpc) is 2.99. The van der Waals surface area contributed by atoms with Gasteiger partial charge in [-0.25, -0.2) is 0 Å². The highest BCUT2D eigenvalue weighted by molar-refractivity contribution is 8.15. The molecule has 27 heavy (non-hydrogen) atoms. The molecule has 1 aromatic carbocycles. The molecule has 1 aliphatic rings. The van der Waals surface area contributed by atoms with Crippen LogP contribution in [0.1, 0.15) is 12.0 Å². The summed E-state index contributed by atoms with van der Waals surface area (Å²) >= 11 is 1.05. The van der Waals surface area contributed by atoms with E-state index in [-0.39, 0.29) is 17.5 Å². The zero-order valence-electron chi connectivity index (χ0n) is 14.6. The first-order chi connectivity index (χ1) is 12.9. The molecule has 0 saturated carbocycles. The van der Waals surface area contributed by atoms with E-state index in [1.807, 2.05) is 0 Å². The van der Waals surface area contributed by atoms with Crippen LogP contribution in [0.25, 0.3) is 0 Å². The Hall–Kier alpha value is -3.08. The number of hydrogen-bond donors (Lipinski definition) is 3. The summed E-state index contributed by atoms with van der Waals surface area (Å²) in [6, 6.07) is 5.21. The summed E-state index contributed by atoms with van der Waals surface area (Å²) < 4.78 is 10.3. The Morgan fingerprint density at radius 3 is 2.74 bits per heavy atom. The van der Waals surface area contributed by atoms with E-state index in [4.69, 9.17) is 14.6 Å².